The van der Waals surface area contributed by atoms with Gasteiger partial charge < -0.3 is 10.4 Å². The maximum atomic E-state index is 12.1. The van der Waals surface area contributed by atoms with Gasteiger partial charge in [0.15, 0.2) is 0 Å². The van der Waals surface area contributed by atoms with E-state index in [4.69, 9.17) is 0 Å². The van der Waals surface area contributed by atoms with Crippen LogP contribution in [0.3, 0.4) is 0 Å². The zero-order chi connectivity index (χ0) is 17.1. The second-order valence-electron chi connectivity index (χ2n) is 6.71. The lowest BCUT2D eigenvalue weighted by Crippen LogP contribution is -2.36. The molecule has 1 aromatic carbocycles. The Morgan fingerprint density at radius 3 is 2.92 bits per heavy atom. The molecule has 1 aliphatic rings. The number of hydrogen-bond donors (Lipinski definition) is 2. The van der Waals surface area contributed by atoms with Crippen molar-refractivity contribution in [3.05, 3.63) is 47.3 Å². The normalized spacial score (nSPS) is 14.6. The number of phenols is 1. The summed E-state index contributed by atoms with van der Waals surface area (Å²) in [6, 6.07) is 8.40. The molecule has 0 saturated carbocycles. The molecule has 6 nitrogen and oxygen atoms in total. The molecule has 2 N–H and O–H groups in total. The topological polar surface area (TPSA) is 70.4 Å². The Morgan fingerprint density at radius 2 is 2.17 bits per heavy atom. The average molecular weight is 328 g/mol. The number of amides is 1. The monoisotopic (exact) mass is 328 g/mol. The van der Waals surface area contributed by atoms with Gasteiger partial charge in [0.05, 0.1) is 24.5 Å². The van der Waals surface area contributed by atoms with Gasteiger partial charge >= 0.3 is 0 Å². The summed E-state index contributed by atoms with van der Waals surface area (Å²) in [5.41, 5.74) is 2.51. The number of fused-ring (bicyclic) bond motifs is 1. The van der Waals surface area contributed by atoms with Gasteiger partial charge in [0.25, 0.3) is 5.91 Å². The Hall–Kier alpha value is -2.34. The molecule has 0 aliphatic carbocycles. The number of carbonyl (C=O) groups is 1. The second kappa shape index (κ2) is 7.05. The van der Waals surface area contributed by atoms with E-state index in [9.17, 15) is 9.90 Å². The van der Waals surface area contributed by atoms with Crippen molar-refractivity contribution in [2.24, 2.45) is 5.92 Å². The molecule has 1 aliphatic heterocycles. The zero-order valence-electron chi connectivity index (χ0n) is 14.2. The van der Waals surface area contributed by atoms with Crippen molar-refractivity contribution >= 4 is 5.91 Å². The Bertz CT molecular complexity index is 724. The van der Waals surface area contributed by atoms with Gasteiger partial charge in [-0.15, -0.1) is 0 Å². The summed E-state index contributed by atoms with van der Waals surface area (Å²) in [6.45, 7) is 8.76. The SMILES string of the molecule is CC(C)CN1CCn2nc(CNC(=O)c3cccc(O)c3)cc2C1. The standard InChI is InChI=1S/C18H24N4O2/c1-13(2)11-21-6-7-22-16(12-21)9-15(20-22)10-19-18(24)14-4-3-5-17(23)8-14/h3-5,8-9,13,23H,6-7,10-12H2,1-2H3,(H,19,24). The van der Waals surface area contributed by atoms with Gasteiger partial charge in [-0.05, 0) is 30.2 Å². The van der Waals surface area contributed by atoms with Crippen LogP contribution in [0.5, 0.6) is 5.75 Å². The van der Waals surface area contributed by atoms with E-state index in [0.717, 1.165) is 31.9 Å². The van der Waals surface area contributed by atoms with Crippen LogP contribution in [0, 0.1) is 5.92 Å². The molecular formula is C18H24N4O2. The number of carbonyl (C=O) groups excluding carboxylic acids is 1. The largest absolute Gasteiger partial charge is 0.508 e. The summed E-state index contributed by atoms with van der Waals surface area (Å²) in [7, 11) is 0. The minimum atomic E-state index is -0.210. The third kappa shape index (κ3) is 3.94. The van der Waals surface area contributed by atoms with Crippen LogP contribution in [0.2, 0.25) is 0 Å². The van der Waals surface area contributed by atoms with Crippen molar-refractivity contribution in [2.45, 2.75) is 33.5 Å². The summed E-state index contributed by atoms with van der Waals surface area (Å²) in [5.74, 6) is 0.532. The van der Waals surface area contributed by atoms with E-state index in [1.165, 1.54) is 11.8 Å². The van der Waals surface area contributed by atoms with Crippen molar-refractivity contribution in [1.82, 2.24) is 20.0 Å². The molecule has 0 spiro atoms. The number of aromatic hydroxyl groups is 1. The smallest absolute Gasteiger partial charge is 0.251 e. The van der Waals surface area contributed by atoms with Crippen LogP contribution >= 0.6 is 0 Å². The van der Waals surface area contributed by atoms with Gasteiger partial charge in [-0.25, -0.2) is 0 Å². The lowest BCUT2D eigenvalue weighted by molar-refractivity contribution is 0.0950. The van der Waals surface area contributed by atoms with Gasteiger partial charge in [0.1, 0.15) is 5.75 Å². The van der Waals surface area contributed by atoms with Crippen molar-refractivity contribution in [1.29, 1.82) is 0 Å². The summed E-state index contributed by atoms with van der Waals surface area (Å²) >= 11 is 0. The molecule has 0 atom stereocenters. The number of hydrogen-bond acceptors (Lipinski definition) is 4. The second-order valence-corrected chi connectivity index (χ2v) is 6.71. The van der Waals surface area contributed by atoms with E-state index >= 15 is 0 Å². The molecular weight excluding hydrogens is 304 g/mol. The Morgan fingerprint density at radius 1 is 1.33 bits per heavy atom. The predicted molar refractivity (Wildman–Crippen MR) is 91.6 cm³/mol. The highest BCUT2D eigenvalue weighted by molar-refractivity contribution is 5.94. The van der Waals surface area contributed by atoms with E-state index < -0.39 is 0 Å². The average Bonchev–Trinajstić information content (AvgIpc) is 2.94. The highest BCUT2D eigenvalue weighted by Crippen LogP contribution is 2.15. The number of aromatic nitrogens is 2. The third-order valence-corrected chi connectivity index (χ3v) is 4.09. The maximum Gasteiger partial charge on any atom is 0.251 e. The van der Waals surface area contributed by atoms with Crippen LogP contribution in [0.15, 0.2) is 30.3 Å². The van der Waals surface area contributed by atoms with E-state index in [0.29, 0.717) is 18.0 Å². The minimum Gasteiger partial charge on any atom is -0.508 e. The number of rotatable bonds is 5. The predicted octanol–water partition coefficient (Wildman–Crippen LogP) is 1.99. The Kier molecular flexibility index (Phi) is 4.85. The van der Waals surface area contributed by atoms with E-state index in [1.807, 2.05) is 4.68 Å². The Balaban J connectivity index is 1.59. The molecule has 24 heavy (non-hydrogen) atoms. The van der Waals surface area contributed by atoms with E-state index in [2.05, 4.69) is 35.2 Å². The zero-order valence-corrected chi connectivity index (χ0v) is 14.2. The molecule has 0 bridgehead atoms. The molecule has 0 unspecified atom stereocenters. The first-order valence-corrected chi connectivity index (χ1v) is 8.36. The van der Waals surface area contributed by atoms with Crippen LogP contribution in [0.1, 0.15) is 35.6 Å². The molecule has 3 rings (SSSR count). The summed E-state index contributed by atoms with van der Waals surface area (Å²) in [6.07, 6.45) is 0. The van der Waals surface area contributed by atoms with Gasteiger partial charge in [0.2, 0.25) is 0 Å². The summed E-state index contributed by atoms with van der Waals surface area (Å²) < 4.78 is 2.03. The molecule has 0 fully saturated rings. The molecule has 0 radical (unpaired) electrons. The summed E-state index contributed by atoms with van der Waals surface area (Å²) in [5, 5.41) is 16.9. The first-order chi connectivity index (χ1) is 11.5. The van der Waals surface area contributed by atoms with E-state index in [-0.39, 0.29) is 11.7 Å². The van der Waals surface area contributed by atoms with Crippen LogP contribution in [0.25, 0.3) is 0 Å². The number of benzene rings is 1. The maximum absolute atomic E-state index is 12.1. The van der Waals surface area contributed by atoms with Gasteiger partial charge in [-0.2, -0.15) is 5.10 Å². The van der Waals surface area contributed by atoms with Gasteiger partial charge in [-0.1, -0.05) is 19.9 Å². The fourth-order valence-electron chi connectivity index (χ4n) is 3.06. The number of phenolic OH excluding ortho intramolecular Hbond substituents is 1. The fourth-order valence-corrected chi connectivity index (χ4v) is 3.06. The van der Waals surface area contributed by atoms with Crippen LogP contribution in [0.4, 0.5) is 0 Å². The molecule has 2 heterocycles. The van der Waals surface area contributed by atoms with Crippen LogP contribution in [-0.2, 0) is 19.6 Å². The lowest BCUT2D eigenvalue weighted by Gasteiger charge is -2.28. The van der Waals surface area contributed by atoms with Crippen LogP contribution in [-0.4, -0.2) is 38.8 Å². The molecule has 1 aromatic heterocycles. The molecule has 1 amide bonds. The van der Waals surface area contributed by atoms with Crippen molar-refractivity contribution in [3.8, 4) is 5.75 Å². The first kappa shape index (κ1) is 16.5. The molecule has 6 heteroatoms. The van der Waals surface area contributed by atoms with Crippen molar-refractivity contribution in [2.75, 3.05) is 13.1 Å². The third-order valence-electron chi connectivity index (χ3n) is 4.09. The summed E-state index contributed by atoms with van der Waals surface area (Å²) in [4.78, 5) is 14.6. The lowest BCUT2D eigenvalue weighted by atomic mass is 10.2. The Labute approximate surface area is 142 Å². The fraction of sp³-hybridized carbons (Fsp3) is 0.444. The quantitative estimate of drug-likeness (QED) is 0.881. The molecule has 128 valence electrons. The highest BCUT2D eigenvalue weighted by Gasteiger charge is 2.19. The number of nitrogens with one attached hydrogen (secondary N) is 1. The minimum absolute atomic E-state index is 0.0883. The van der Waals surface area contributed by atoms with Gasteiger partial charge in [0, 0.05) is 25.2 Å². The molecule has 2 aromatic rings. The van der Waals surface area contributed by atoms with E-state index in [1.54, 1.807) is 18.2 Å². The van der Waals surface area contributed by atoms with Gasteiger partial charge in [-0.3, -0.25) is 14.4 Å². The van der Waals surface area contributed by atoms with Crippen molar-refractivity contribution < 1.29 is 9.90 Å². The highest BCUT2D eigenvalue weighted by atomic mass is 16.3. The number of nitrogens with zero attached hydrogens (tertiary/aromatic N) is 3. The van der Waals surface area contributed by atoms with Crippen LogP contribution < -0.4 is 5.32 Å². The molecule has 0 saturated heterocycles. The first-order valence-electron chi connectivity index (χ1n) is 8.36. The van der Waals surface area contributed by atoms with Crippen molar-refractivity contribution in [3.63, 3.8) is 0 Å².